The number of carbonyl (C=O) groups excluding carboxylic acids is 2. The monoisotopic (exact) mass is 1530 g/mol. The number of carbonyl (C=O) groups is 3. The minimum Gasteiger partial charge on any atom is -0.478 e. The average Bonchev–Trinajstić information content (AvgIpc) is 0.867. The number of benzene rings is 6. The van der Waals surface area contributed by atoms with E-state index in [1.54, 1.807) is 103 Å². The Balaban J connectivity index is 0.000000153. The van der Waals surface area contributed by atoms with E-state index in [0.717, 1.165) is 144 Å². The van der Waals surface area contributed by atoms with Gasteiger partial charge in [-0.25, -0.2) is 4.79 Å². The second kappa shape index (κ2) is 33.6. The summed E-state index contributed by atoms with van der Waals surface area (Å²) in [5, 5.41) is 76.0. The number of amides is 2. The molecule has 0 atom stereocenters. The minimum absolute atomic E-state index is 0. The van der Waals surface area contributed by atoms with Gasteiger partial charge in [0.05, 0.1) is 85.6 Å². The van der Waals surface area contributed by atoms with Gasteiger partial charge < -0.3 is 36.8 Å². The SMILES string of the molecule is C.Cc1cnc2c(C(C)(C)O)cc(Cc3cc(C(=O)NCc4[nH]nc5ccc(Cl)cc45)ccn3)cc2c1.Cc1cnc2c(C(C)(C)O)cc(Cc3cc(C(=O)NCc4[nH]nc5ccc(Cl)cc45)ccn3)cc2c1.Cc1cnc2c(C(C)(C)O)cc(Cc3cc(C(=O)O)ccn3)cc2c1.NCc1[nH]nc2ccc(Cl)cc12. The van der Waals surface area contributed by atoms with Crippen molar-refractivity contribution in [3.05, 3.63) is 299 Å². The third kappa shape index (κ3) is 19.3. The lowest BCUT2D eigenvalue weighted by Crippen LogP contribution is -2.23. The molecule has 15 aromatic rings. The number of aromatic carboxylic acids is 1. The number of rotatable bonds is 17. The molecule has 0 radical (unpaired) electrons. The predicted octanol–water partition coefficient (Wildman–Crippen LogP) is 16.2. The largest absolute Gasteiger partial charge is 0.478 e. The molecule has 15 rings (SSSR count). The number of aromatic amines is 3. The molecule has 0 spiro atoms. The summed E-state index contributed by atoms with van der Waals surface area (Å²) in [6, 6.07) is 44.6. The summed E-state index contributed by atoms with van der Waals surface area (Å²) in [5.41, 5.74) is 21.4. The molecular formula is C85H84Cl3N15O7. The van der Waals surface area contributed by atoms with Crippen LogP contribution in [-0.2, 0) is 55.7 Å². The van der Waals surface area contributed by atoms with E-state index in [1.807, 2.05) is 106 Å². The topological polar surface area (TPSA) is 346 Å². The fraction of sp³-hybridized carbons (Fsp3) is 0.224. The Morgan fingerprint density at radius 1 is 0.418 bits per heavy atom. The van der Waals surface area contributed by atoms with Crippen LogP contribution < -0.4 is 16.4 Å². The lowest BCUT2D eigenvalue weighted by atomic mass is 9.91. The molecule has 0 saturated carbocycles. The highest BCUT2D eigenvalue weighted by atomic mass is 35.5. The molecule has 0 aliphatic rings. The maximum Gasteiger partial charge on any atom is 0.335 e. The lowest BCUT2D eigenvalue weighted by molar-refractivity contribution is 0.0694. The van der Waals surface area contributed by atoms with Crippen molar-refractivity contribution in [2.45, 2.75) is 125 Å². The van der Waals surface area contributed by atoms with Gasteiger partial charge in [-0.1, -0.05) is 60.4 Å². The predicted molar refractivity (Wildman–Crippen MR) is 434 cm³/mol. The van der Waals surface area contributed by atoms with Crippen LogP contribution in [0.4, 0.5) is 0 Å². The number of fused-ring (bicyclic) bond motifs is 6. The van der Waals surface area contributed by atoms with E-state index < -0.39 is 22.8 Å². The second-order valence-electron chi connectivity index (χ2n) is 28.5. The number of pyridine rings is 6. The Morgan fingerprint density at radius 3 is 1.05 bits per heavy atom. The molecular weight excluding hydrogens is 1450 g/mol. The van der Waals surface area contributed by atoms with Crippen LogP contribution in [0.5, 0.6) is 0 Å². The van der Waals surface area contributed by atoms with Crippen molar-refractivity contribution in [1.82, 2.24) is 71.1 Å². The van der Waals surface area contributed by atoms with E-state index in [0.29, 0.717) is 70.8 Å². The van der Waals surface area contributed by atoms with Crippen LogP contribution in [0, 0.1) is 20.8 Å². The van der Waals surface area contributed by atoms with Gasteiger partial charge in [0.15, 0.2) is 0 Å². The van der Waals surface area contributed by atoms with Gasteiger partial charge in [-0.15, -0.1) is 0 Å². The van der Waals surface area contributed by atoms with E-state index >= 15 is 0 Å². The highest BCUT2D eigenvalue weighted by molar-refractivity contribution is 6.32. The Morgan fingerprint density at radius 2 is 0.727 bits per heavy atom. The maximum atomic E-state index is 12.9. The quantitative estimate of drug-likeness (QED) is 0.0405. The van der Waals surface area contributed by atoms with Crippen molar-refractivity contribution in [1.29, 1.82) is 0 Å². The van der Waals surface area contributed by atoms with Crippen LogP contribution in [0.2, 0.25) is 15.1 Å². The van der Waals surface area contributed by atoms with Gasteiger partial charge >= 0.3 is 5.97 Å². The number of aromatic nitrogens is 12. The fourth-order valence-corrected chi connectivity index (χ4v) is 13.3. The molecule has 11 N–H and O–H groups in total. The van der Waals surface area contributed by atoms with Crippen molar-refractivity contribution >= 4 is 118 Å². The molecule has 2 amide bonds. The Labute approximate surface area is 650 Å². The zero-order valence-electron chi connectivity index (χ0n) is 61.3. The van der Waals surface area contributed by atoms with E-state index in [1.165, 1.54) is 12.3 Å². The van der Waals surface area contributed by atoms with E-state index in [4.69, 9.17) is 45.6 Å². The number of aliphatic hydroxyl groups is 3. The first-order valence-electron chi connectivity index (χ1n) is 35.0. The summed E-state index contributed by atoms with van der Waals surface area (Å²) in [6.07, 6.45) is 11.7. The number of nitrogens with two attached hydrogens (primary N) is 1. The number of nitrogens with one attached hydrogen (secondary N) is 5. The van der Waals surface area contributed by atoms with Crippen LogP contribution in [0.25, 0.3) is 65.4 Å². The molecule has 9 heterocycles. The molecule has 0 saturated heterocycles. The van der Waals surface area contributed by atoms with E-state index in [2.05, 4.69) is 95.4 Å². The van der Waals surface area contributed by atoms with E-state index in [-0.39, 0.29) is 24.8 Å². The van der Waals surface area contributed by atoms with Crippen molar-refractivity contribution in [3.8, 4) is 0 Å². The highest BCUT2D eigenvalue weighted by Crippen LogP contribution is 2.34. The van der Waals surface area contributed by atoms with Gasteiger partial charge in [0.1, 0.15) is 0 Å². The van der Waals surface area contributed by atoms with Crippen LogP contribution >= 0.6 is 34.8 Å². The smallest absolute Gasteiger partial charge is 0.335 e. The van der Waals surface area contributed by atoms with Gasteiger partial charge in [0.25, 0.3) is 11.8 Å². The van der Waals surface area contributed by atoms with Gasteiger partial charge in [0.2, 0.25) is 0 Å². The number of hydrogen-bond acceptors (Lipinski definition) is 16. The number of hydrogen-bond donors (Lipinski definition) is 10. The molecule has 25 heteroatoms. The summed E-state index contributed by atoms with van der Waals surface area (Å²) in [7, 11) is 0. The first kappa shape index (κ1) is 79.6. The number of halogens is 3. The van der Waals surface area contributed by atoms with Crippen LogP contribution in [0.15, 0.2) is 183 Å². The molecule has 0 unspecified atom stereocenters. The normalized spacial score (nSPS) is 11.6. The third-order valence-corrected chi connectivity index (χ3v) is 18.8. The molecule has 22 nitrogen and oxygen atoms in total. The molecule has 0 aliphatic heterocycles. The van der Waals surface area contributed by atoms with Gasteiger partial charge in [-0.3, -0.25) is 54.8 Å². The van der Waals surface area contributed by atoms with Crippen LogP contribution in [-0.4, -0.2) is 98.7 Å². The van der Waals surface area contributed by atoms with Crippen molar-refractivity contribution in [2.24, 2.45) is 5.73 Å². The zero-order valence-corrected chi connectivity index (χ0v) is 63.6. The molecule has 0 aliphatic carbocycles. The van der Waals surface area contributed by atoms with Crippen LogP contribution in [0.1, 0.15) is 164 Å². The zero-order chi connectivity index (χ0) is 77.6. The number of aryl methyl sites for hydroxylation is 3. The molecule has 0 bridgehead atoms. The number of carboxylic acids is 1. The molecule has 110 heavy (non-hydrogen) atoms. The molecule has 0 fully saturated rings. The summed E-state index contributed by atoms with van der Waals surface area (Å²) in [5.74, 6) is -1.39. The summed E-state index contributed by atoms with van der Waals surface area (Å²) in [4.78, 5) is 63.8. The molecule has 6 aromatic carbocycles. The summed E-state index contributed by atoms with van der Waals surface area (Å²) < 4.78 is 0. The van der Waals surface area contributed by atoms with Crippen molar-refractivity contribution in [2.75, 3.05) is 0 Å². The highest BCUT2D eigenvalue weighted by Gasteiger charge is 2.25. The number of H-pyrrole nitrogens is 3. The number of carboxylic acid groups (broad SMARTS) is 1. The minimum atomic E-state index is -1.05. The van der Waals surface area contributed by atoms with Crippen molar-refractivity contribution in [3.63, 3.8) is 0 Å². The summed E-state index contributed by atoms with van der Waals surface area (Å²) in [6.45, 7) is 17.5. The van der Waals surface area contributed by atoms with E-state index in [9.17, 15) is 29.7 Å². The summed E-state index contributed by atoms with van der Waals surface area (Å²) >= 11 is 18.0. The van der Waals surface area contributed by atoms with Gasteiger partial charge in [-0.05, 0) is 223 Å². The molecule has 562 valence electrons. The average molecular weight is 1530 g/mol. The first-order valence-corrected chi connectivity index (χ1v) is 36.1. The third-order valence-electron chi connectivity index (χ3n) is 18.1. The van der Waals surface area contributed by atoms with Gasteiger partial charge in [-0.2, -0.15) is 15.3 Å². The first-order chi connectivity index (χ1) is 51.9. The van der Waals surface area contributed by atoms with Gasteiger partial charge in [0, 0.05) is 155 Å². The standard InChI is InChI=1S/2C28H26ClN5O2.C20H20N2O3.C8H8ClN3.CH4/c2*1-16-8-19-9-17(11-23(28(2,3)36)26(19)31-14-16)10-21-12-18(6-7-30-21)27(35)32-15-25-22-13-20(29)4-5-24(22)33-34-25;1-12-6-15-7-13(8-16-10-14(19(23)24)4-5-21-16)9-17(20(2,3)25)18(15)22-11-12;9-5-1-2-7-6(3-5)8(4-10)12-11-7;/h2*4-9,11-14,36H,10,15H2,1-3H3,(H,32,35)(H,33,34);4-7,9-11,25H,8H2,1-3H3,(H,23,24);1-3H,4,10H2,(H,11,12);1H4. The Hall–Kier alpha value is -11.5. The Kier molecular flexibility index (Phi) is 24.3. The molecule has 9 aromatic heterocycles. The number of nitrogens with zero attached hydrogens (tertiary/aromatic N) is 9. The second-order valence-corrected chi connectivity index (χ2v) is 29.8. The van der Waals surface area contributed by atoms with Crippen molar-refractivity contribution < 1.29 is 34.8 Å². The fourth-order valence-electron chi connectivity index (χ4n) is 12.8. The Bertz CT molecular complexity index is 5700. The van der Waals surface area contributed by atoms with Crippen LogP contribution in [0.3, 0.4) is 0 Å². The lowest BCUT2D eigenvalue weighted by Gasteiger charge is -2.21. The maximum absolute atomic E-state index is 12.9.